The maximum absolute atomic E-state index is 10.2. The van der Waals surface area contributed by atoms with Gasteiger partial charge in [0.15, 0.2) is 5.65 Å². The van der Waals surface area contributed by atoms with Gasteiger partial charge >= 0.3 is 0 Å². The van der Waals surface area contributed by atoms with Crippen LogP contribution < -0.4 is 16.0 Å². The van der Waals surface area contributed by atoms with Gasteiger partial charge in [0, 0.05) is 36.0 Å². The molecule has 0 unspecified atom stereocenters. The predicted molar refractivity (Wildman–Crippen MR) is 122 cm³/mol. The van der Waals surface area contributed by atoms with Crippen molar-refractivity contribution in [2.45, 2.75) is 45.3 Å². The van der Waals surface area contributed by atoms with Crippen molar-refractivity contribution in [3.05, 3.63) is 33.4 Å². The third-order valence-electron chi connectivity index (χ3n) is 5.48. The fourth-order valence-electron chi connectivity index (χ4n) is 3.70. The summed E-state index contributed by atoms with van der Waals surface area (Å²) < 4.78 is 1.84. The van der Waals surface area contributed by atoms with E-state index in [1.165, 1.54) is 11.3 Å². The number of halogens is 1. The van der Waals surface area contributed by atoms with Gasteiger partial charge in [-0.05, 0) is 25.8 Å². The number of nitrogens with zero attached hydrogens (tertiary/aromatic N) is 4. The Bertz CT molecular complexity index is 1000. The Morgan fingerprint density at radius 1 is 1.37 bits per heavy atom. The van der Waals surface area contributed by atoms with E-state index in [1.54, 1.807) is 0 Å². The van der Waals surface area contributed by atoms with E-state index in [0.717, 1.165) is 40.8 Å². The number of nitrogens with one attached hydrogen (secondary N) is 3. The zero-order chi connectivity index (χ0) is 21.3. The van der Waals surface area contributed by atoms with Crippen LogP contribution >= 0.6 is 22.9 Å². The zero-order valence-electron chi connectivity index (χ0n) is 17.4. The molecule has 8 nitrogen and oxygen atoms in total. The number of rotatable bonds is 7. The molecule has 4 N–H and O–H groups in total. The first kappa shape index (κ1) is 21.3. The Labute approximate surface area is 185 Å². The fraction of sp³-hybridized carbons (Fsp3) is 0.550. The van der Waals surface area contributed by atoms with E-state index in [0.29, 0.717) is 24.2 Å². The van der Waals surface area contributed by atoms with Crippen molar-refractivity contribution in [1.29, 1.82) is 0 Å². The summed E-state index contributed by atoms with van der Waals surface area (Å²) in [6.45, 7) is 8.56. The van der Waals surface area contributed by atoms with Crippen molar-refractivity contribution in [3.8, 4) is 0 Å². The quantitative estimate of drug-likeness (QED) is 0.438. The third-order valence-corrected chi connectivity index (χ3v) is 6.84. The zero-order valence-corrected chi connectivity index (χ0v) is 19.0. The molecule has 1 fully saturated rings. The summed E-state index contributed by atoms with van der Waals surface area (Å²) in [7, 11) is 0. The third kappa shape index (κ3) is 4.54. The standard InChI is InChI=1S/C20H28ClN7OS/c1-11(2)14-8-24-28-18(25-12(3)20-26-16(21)10-30-20)6-17(27-19(14)28)23-7-13-4-5-22-9-15(13)29/h6,8,10-13,15,22,25,29H,4-5,7,9H2,1-3H3,(H,23,27)/t12-,13+,15-/m0/s1. The average molecular weight is 450 g/mol. The highest BCUT2D eigenvalue weighted by Gasteiger charge is 2.23. The highest BCUT2D eigenvalue weighted by atomic mass is 35.5. The number of aromatic nitrogens is 4. The van der Waals surface area contributed by atoms with Gasteiger partial charge in [0.25, 0.3) is 0 Å². The fourth-order valence-corrected chi connectivity index (χ4v) is 4.66. The van der Waals surface area contributed by atoms with E-state index in [1.807, 2.05) is 29.1 Å². The molecule has 0 saturated carbocycles. The lowest BCUT2D eigenvalue weighted by molar-refractivity contribution is 0.0883. The molecule has 162 valence electrons. The molecule has 4 rings (SSSR count). The number of piperidine rings is 1. The normalized spacial score (nSPS) is 20.6. The molecule has 1 saturated heterocycles. The lowest BCUT2D eigenvalue weighted by Gasteiger charge is -2.28. The molecule has 3 aromatic heterocycles. The minimum Gasteiger partial charge on any atom is -0.391 e. The summed E-state index contributed by atoms with van der Waals surface area (Å²) in [6.07, 6.45) is 2.47. The van der Waals surface area contributed by atoms with Crippen molar-refractivity contribution in [2.24, 2.45) is 5.92 Å². The van der Waals surface area contributed by atoms with Crippen LogP contribution in [0.5, 0.6) is 0 Å². The van der Waals surface area contributed by atoms with Gasteiger partial charge in [-0.3, -0.25) is 0 Å². The summed E-state index contributed by atoms with van der Waals surface area (Å²) in [5.41, 5.74) is 1.92. The molecule has 3 aromatic rings. The maximum atomic E-state index is 10.2. The van der Waals surface area contributed by atoms with Gasteiger partial charge in [-0.1, -0.05) is 25.4 Å². The van der Waals surface area contributed by atoms with Crippen molar-refractivity contribution in [1.82, 2.24) is 24.9 Å². The second-order valence-corrected chi connectivity index (χ2v) is 9.37. The van der Waals surface area contributed by atoms with Crippen LogP contribution in [0.1, 0.15) is 49.7 Å². The number of thiazole rings is 1. The van der Waals surface area contributed by atoms with Crippen LogP contribution in [0.25, 0.3) is 5.65 Å². The van der Waals surface area contributed by atoms with E-state index in [9.17, 15) is 5.11 Å². The highest BCUT2D eigenvalue weighted by molar-refractivity contribution is 7.10. The lowest BCUT2D eigenvalue weighted by Crippen LogP contribution is -2.43. The predicted octanol–water partition coefficient (Wildman–Crippen LogP) is 3.52. The maximum Gasteiger partial charge on any atom is 0.163 e. The van der Waals surface area contributed by atoms with Crippen molar-refractivity contribution < 1.29 is 5.11 Å². The smallest absolute Gasteiger partial charge is 0.163 e. The molecule has 0 aromatic carbocycles. The number of aliphatic hydroxyl groups is 1. The summed E-state index contributed by atoms with van der Waals surface area (Å²) in [5, 5.41) is 28.2. The van der Waals surface area contributed by atoms with E-state index < -0.39 is 0 Å². The Balaban J connectivity index is 1.62. The first-order valence-corrected chi connectivity index (χ1v) is 11.6. The van der Waals surface area contributed by atoms with E-state index >= 15 is 0 Å². The largest absolute Gasteiger partial charge is 0.391 e. The number of β-amino-alcohol motifs (C(OH)–C–C–N with tert-alkyl or cyclic N) is 1. The monoisotopic (exact) mass is 449 g/mol. The molecule has 0 aliphatic carbocycles. The minimum atomic E-state index is -0.344. The molecule has 0 spiro atoms. The Morgan fingerprint density at radius 2 is 2.20 bits per heavy atom. The molecule has 4 heterocycles. The van der Waals surface area contributed by atoms with Crippen LogP contribution in [0.2, 0.25) is 5.15 Å². The SMILES string of the molecule is CC(C)c1cnn2c(N[C@@H](C)c3nc(Cl)cs3)cc(NC[C@H]3CCNC[C@@H]3O)nc12. The van der Waals surface area contributed by atoms with Gasteiger partial charge in [-0.25, -0.2) is 9.97 Å². The van der Waals surface area contributed by atoms with Crippen LogP contribution in [-0.4, -0.2) is 50.4 Å². The number of hydrogen-bond donors (Lipinski definition) is 4. The Hall–Kier alpha value is -1.94. The minimum absolute atomic E-state index is 0.0288. The Kier molecular flexibility index (Phi) is 6.43. The molecular weight excluding hydrogens is 422 g/mol. The van der Waals surface area contributed by atoms with Crippen molar-refractivity contribution in [2.75, 3.05) is 30.3 Å². The Morgan fingerprint density at radius 3 is 2.90 bits per heavy atom. The molecule has 3 atom stereocenters. The first-order valence-electron chi connectivity index (χ1n) is 10.3. The van der Waals surface area contributed by atoms with Gasteiger partial charge in [0.05, 0.1) is 18.3 Å². The van der Waals surface area contributed by atoms with E-state index in [2.05, 4.69) is 39.9 Å². The van der Waals surface area contributed by atoms with E-state index in [4.69, 9.17) is 16.6 Å². The van der Waals surface area contributed by atoms with Gasteiger partial charge in [-0.15, -0.1) is 11.3 Å². The summed E-state index contributed by atoms with van der Waals surface area (Å²) in [5.74, 6) is 2.10. The molecule has 0 bridgehead atoms. The van der Waals surface area contributed by atoms with Gasteiger partial charge in [-0.2, -0.15) is 9.61 Å². The summed E-state index contributed by atoms with van der Waals surface area (Å²) in [4.78, 5) is 9.20. The molecule has 10 heteroatoms. The van der Waals surface area contributed by atoms with Crippen molar-refractivity contribution >= 4 is 40.2 Å². The van der Waals surface area contributed by atoms with Crippen LogP contribution in [0, 0.1) is 5.92 Å². The number of hydrogen-bond acceptors (Lipinski definition) is 8. The number of aliphatic hydroxyl groups excluding tert-OH is 1. The lowest BCUT2D eigenvalue weighted by atomic mass is 9.95. The first-order chi connectivity index (χ1) is 14.4. The van der Waals surface area contributed by atoms with Crippen LogP contribution in [-0.2, 0) is 0 Å². The summed E-state index contributed by atoms with van der Waals surface area (Å²) in [6, 6.07) is 1.93. The van der Waals surface area contributed by atoms with Gasteiger partial charge in [0.1, 0.15) is 21.8 Å². The molecule has 0 amide bonds. The molecule has 1 aliphatic heterocycles. The highest BCUT2D eigenvalue weighted by Crippen LogP contribution is 2.28. The molecule has 30 heavy (non-hydrogen) atoms. The second-order valence-electron chi connectivity index (χ2n) is 8.09. The number of fused-ring (bicyclic) bond motifs is 1. The topological polar surface area (TPSA) is 99.4 Å². The molecular formula is C20H28ClN7OS. The van der Waals surface area contributed by atoms with Crippen LogP contribution in [0.15, 0.2) is 17.6 Å². The van der Waals surface area contributed by atoms with Gasteiger partial charge in [0.2, 0.25) is 0 Å². The summed E-state index contributed by atoms with van der Waals surface area (Å²) >= 11 is 7.53. The van der Waals surface area contributed by atoms with E-state index in [-0.39, 0.29) is 18.1 Å². The van der Waals surface area contributed by atoms with Crippen LogP contribution in [0.3, 0.4) is 0 Å². The van der Waals surface area contributed by atoms with Gasteiger partial charge < -0.3 is 21.1 Å². The molecule has 1 aliphatic rings. The second kappa shape index (κ2) is 9.05. The molecule has 0 radical (unpaired) electrons. The van der Waals surface area contributed by atoms with Crippen molar-refractivity contribution in [3.63, 3.8) is 0 Å². The van der Waals surface area contributed by atoms with Crippen LogP contribution in [0.4, 0.5) is 11.6 Å². The average Bonchev–Trinajstić information content (AvgIpc) is 3.34. The number of anilines is 2.